The van der Waals surface area contributed by atoms with Crippen molar-refractivity contribution in [2.75, 3.05) is 0 Å². The van der Waals surface area contributed by atoms with Crippen molar-refractivity contribution in [1.29, 1.82) is 0 Å². The molecule has 54 valence electrons. The molecule has 2 rings (SSSR count). The summed E-state index contributed by atoms with van der Waals surface area (Å²) in [6.07, 6.45) is 4.86. The van der Waals surface area contributed by atoms with E-state index in [2.05, 4.69) is 4.98 Å². The third kappa shape index (κ3) is 1.15. The highest BCUT2D eigenvalue weighted by atomic mass is 19.1. The van der Waals surface area contributed by atoms with Crippen molar-refractivity contribution >= 4 is 13.3 Å². The van der Waals surface area contributed by atoms with Crippen molar-refractivity contribution in [3.8, 4) is 0 Å². The molecular formula is C8H7BFN. The summed E-state index contributed by atoms with van der Waals surface area (Å²) in [7, 11) is 5.56. The predicted molar refractivity (Wildman–Crippen MR) is 41.6 cm³/mol. The fraction of sp³-hybridized carbons (Fsp3) is 0.375. The van der Waals surface area contributed by atoms with Gasteiger partial charge in [-0.2, -0.15) is 0 Å². The molecule has 0 atom stereocenters. The molecule has 1 aliphatic carbocycles. The summed E-state index contributed by atoms with van der Waals surface area (Å²) in [5.41, 5.74) is 1.16. The third-order valence-electron chi connectivity index (χ3n) is 1.96. The summed E-state index contributed by atoms with van der Waals surface area (Å²) in [5.74, 6) is 0.102. The highest BCUT2D eigenvalue weighted by Crippen LogP contribution is 2.39. The van der Waals surface area contributed by atoms with Crippen LogP contribution in [0.3, 0.4) is 0 Å². The van der Waals surface area contributed by atoms with Crippen molar-refractivity contribution in [1.82, 2.24) is 4.98 Å². The lowest BCUT2D eigenvalue weighted by atomic mass is 9.90. The van der Waals surface area contributed by atoms with Crippen molar-refractivity contribution in [2.24, 2.45) is 0 Å². The van der Waals surface area contributed by atoms with Gasteiger partial charge < -0.3 is 0 Å². The van der Waals surface area contributed by atoms with Crippen LogP contribution >= 0.6 is 0 Å². The minimum Gasteiger partial charge on any atom is -0.262 e. The van der Waals surface area contributed by atoms with Gasteiger partial charge in [-0.1, -0.05) is 5.46 Å². The zero-order valence-electron chi connectivity index (χ0n) is 6.05. The number of hydrogen-bond acceptors (Lipinski definition) is 1. The Morgan fingerprint density at radius 2 is 2.18 bits per heavy atom. The average Bonchev–Trinajstić information content (AvgIpc) is 2.70. The first-order chi connectivity index (χ1) is 5.29. The lowest BCUT2D eigenvalue weighted by molar-refractivity contribution is 0.606. The van der Waals surface area contributed by atoms with Gasteiger partial charge >= 0.3 is 0 Å². The number of hydrogen-bond donors (Lipinski definition) is 0. The molecule has 11 heavy (non-hydrogen) atoms. The highest BCUT2D eigenvalue weighted by Gasteiger charge is 2.27. The maximum atomic E-state index is 13.0. The first-order valence-electron chi connectivity index (χ1n) is 3.68. The molecule has 1 nitrogen and oxygen atoms in total. The number of rotatable bonds is 1. The normalized spacial score (nSPS) is 16.8. The van der Waals surface area contributed by atoms with E-state index in [1.54, 1.807) is 0 Å². The van der Waals surface area contributed by atoms with E-state index in [9.17, 15) is 4.39 Å². The average molecular weight is 147 g/mol. The van der Waals surface area contributed by atoms with Crippen molar-refractivity contribution in [3.63, 3.8) is 0 Å². The lowest BCUT2D eigenvalue weighted by Crippen LogP contribution is -2.12. The van der Waals surface area contributed by atoms with Crippen LogP contribution in [0.2, 0.25) is 0 Å². The standard InChI is InChI=1S/C8H7BFN/c9-6-3-11-4-7(10)8(6)5-1-2-5/h3-5H,1-2H2. The molecule has 0 amide bonds. The van der Waals surface area contributed by atoms with Crippen LogP contribution in [0.25, 0.3) is 0 Å². The second-order valence-corrected chi connectivity index (χ2v) is 2.90. The van der Waals surface area contributed by atoms with Crippen LogP contribution in [-0.4, -0.2) is 12.8 Å². The van der Waals surface area contributed by atoms with E-state index in [1.807, 2.05) is 0 Å². The van der Waals surface area contributed by atoms with E-state index in [4.69, 9.17) is 7.85 Å². The van der Waals surface area contributed by atoms with E-state index >= 15 is 0 Å². The number of halogens is 1. The van der Waals surface area contributed by atoms with Gasteiger partial charge in [0.2, 0.25) is 0 Å². The molecule has 0 saturated heterocycles. The molecule has 1 heterocycles. The van der Waals surface area contributed by atoms with Crippen molar-refractivity contribution < 1.29 is 4.39 Å². The first-order valence-corrected chi connectivity index (χ1v) is 3.68. The Morgan fingerprint density at radius 1 is 1.45 bits per heavy atom. The minimum absolute atomic E-state index is 0.257. The number of aromatic nitrogens is 1. The summed E-state index contributed by atoms with van der Waals surface area (Å²) >= 11 is 0. The molecule has 1 aromatic rings. The van der Waals surface area contributed by atoms with Gasteiger partial charge in [0.1, 0.15) is 13.7 Å². The summed E-state index contributed by atoms with van der Waals surface area (Å²) in [5, 5.41) is 0. The van der Waals surface area contributed by atoms with Gasteiger partial charge in [0, 0.05) is 6.20 Å². The van der Waals surface area contributed by atoms with Crippen LogP contribution in [0.4, 0.5) is 4.39 Å². The number of nitrogens with zero attached hydrogens (tertiary/aromatic N) is 1. The Balaban J connectivity index is 2.48. The SMILES string of the molecule is [B]c1cncc(F)c1C1CC1. The second-order valence-electron chi connectivity index (χ2n) is 2.90. The summed E-state index contributed by atoms with van der Waals surface area (Å²) in [6, 6.07) is 0. The predicted octanol–water partition coefficient (Wildman–Crippen LogP) is 0.892. The molecule has 0 aromatic carbocycles. The molecule has 1 aliphatic rings. The van der Waals surface area contributed by atoms with E-state index < -0.39 is 0 Å². The first kappa shape index (κ1) is 6.83. The van der Waals surface area contributed by atoms with Gasteiger partial charge in [-0.05, 0) is 24.3 Å². The zero-order chi connectivity index (χ0) is 7.84. The Kier molecular flexibility index (Phi) is 1.45. The minimum atomic E-state index is -0.257. The number of pyridine rings is 1. The Morgan fingerprint density at radius 3 is 2.73 bits per heavy atom. The quantitative estimate of drug-likeness (QED) is 0.537. The van der Waals surface area contributed by atoms with Gasteiger partial charge in [0.25, 0.3) is 0 Å². The summed E-state index contributed by atoms with van der Waals surface area (Å²) in [6.45, 7) is 0. The van der Waals surface area contributed by atoms with Crippen molar-refractivity contribution in [2.45, 2.75) is 18.8 Å². The molecule has 0 bridgehead atoms. The van der Waals surface area contributed by atoms with Gasteiger partial charge in [-0.15, -0.1) is 0 Å². The van der Waals surface area contributed by atoms with Gasteiger partial charge in [0.05, 0.1) is 6.20 Å². The molecule has 1 aromatic heterocycles. The lowest BCUT2D eigenvalue weighted by Gasteiger charge is -2.03. The van der Waals surface area contributed by atoms with Gasteiger partial charge in [0.15, 0.2) is 0 Å². The smallest absolute Gasteiger partial charge is 0.144 e. The molecule has 3 heteroatoms. The van der Waals surface area contributed by atoms with Gasteiger partial charge in [-0.3, -0.25) is 4.98 Å². The maximum absolute atomic E-state index is 13.0. The Hall–Kier alpha value is -0.855. The van der Waals surface area contributed by atoms with E-state index in [0.29, 0.717) is 16.9 Å². The zero-order valence-corrected chi connectivity index (χ0v) is 6.05. The fourth-order valence-corrected chi connectivity index (χ4v) is 1.26. The van der Waals surface area contributed by atoms with E-state index in [1.165, 1.54) is 12.4 Å². The van der Waals surface area contributed by atoms with E-state index in [-0.39, 0.29) is 5.82 Å². The molecule has 0 unspecified atom stereocenters. The van der Waals surface area contributed by atoms with Crippen LogP contribution in [0.1, 0.15) is 24.3 Å². The van der Waals surface area contributed by atoms with E-state index in [0.717, 1.165) is 12.8 Å². The molecular weight excluding hydrogens is 140 g/mol. The van der Waals surface area contributed by atoms with Crippen LogP contribution in [0.15, 0.2) is 12.4 Å². The van der Waals surface area contributed by atoms with Crippen LogP contribution in [0, 0.1) is 5.82 Å². The molecule has 2 radical (unpaired) electrons. The Bertz CT molecular complexity index is 263. The molecule has 0 N–H and O–H groups in total. The third-order valence-corrected chi connectivity index (χ3v) is 1.96. The summed E-state index contributed by atoms with van der Waals surface area (Å²) in [4.78, 5) is 3.65. The van der Waals surface area contributed by atoms with Crippen molar-refractivity contribution in [3.05, 3.63) is 23.8 Å². The molecule has 0 aliphatic heterocycles. The highest BCUT2D eigenvalue weighted by molar-refractivity contribution is 6.33. The largest absolute Gasteiger partial charge is 0.262 e. The Labute approximate surface area is 66.1 Å². The fourth-order valence-electron chi connectivity index (χ4n) is 1.26. The van der Waals surface area contributed by atoms with Crippen LogP contribution in [0.5, 0.6) is 0 Å². The van der Waals surface area contributed by atoms with Crippen LogP contribution in [-0.2, 0) is 0 Å². The molecule has 1 saturated carbocycles. The topological polar surface area (TPSA) is 12.9 Å². The molecule has 0 spiro atoms. The van der Waals surface area contributed by atoms with Crippen LogP contribution < -0.4 is 5.46 Å². The second kappa shape index (κ2) is 2.33. The monoisotopic (exact) mass is 147 g/mol. The summed E-state index contributed by atoms with van der Waals surface area (Å²) < 4.78 is 13.0. The maximum Gasteiger partial charge on any atom is 0.144 e. The molecule has 1 fully saturated rings. The van der Waals surface area contributed by atoms with Gasteiger partial charge in [-0.25, -0.2) is 4.39 Å².